The molecule has 154 valence electrons. The lowest BCUT2D eigenvalue weighted by Crippen LogP contribution is -2.27. The summed E-state index contributed by atoms with van der Waals surface area (Å²) >= 11 is 5.83. The SMILES string of the molecule is CN(C)c1ccc(C2CC(c3ccc(-n4ccnc4)cc3)=NN2C(=O)CCCl)cc1. The number of anilines is 1. The van der Waals surface area contributed by atoms with Crippen LogP contribution in [0.15, 0.2) is 72.4 Å². The molecule has 7 heteroatoms. The average molecular weight is 422 g/mol. The van der Waals surface area contributed by atoms with E-state index in [9.17, 15) is 4.79 Å². The van der Waals surface area contributed by atoms with Crippen molar-refractivity contribution < 1.29 is 4.79 Å². The molecule has 1 aromatic heterocycles. The molecule has 2 heterocycles. The first-order chi connectivity index (χ1) is 14.6. The van der Waals surface area contributed by atoms with E-state index in [2.05, 4.69) is 34.1 Å². The second kappa shape index (κ2) is 8.71. The Morgan fingerprint density at radius 3 is 2.47 bits per heavy atom. The fourth-order valence-electron chi connectivity index (χ4n) is 3.60. The van der Waals surface area contributed by atoms with Crippen LogP contribution in [0.3, 0.4) is 0 Å². The minimum Gasteiger partial charge on any atom is -0.378 e. The number of halogens is 1. The van der Waals surface area contributed by atoms with Gasteiger partial charge in [-0.3, -0.25) is 4.79 Å². The van der Waals surface area contributed by atoms with E-state index in [1.54, 1.807) is 17.5 Å². The molecule has 1 aliphatic heterocycles. The number of carbonyl (C=O) groups is 1. The summed E-state index contributed by atoms with van der Waals surface area (Å²) in [7, 11) is 4.02. The number of alkyl halides is 1. The molecule has 1 atom stereocenters. The van der Waals surface area contributed by atoms with E-state index in [0.717, 1.165) is 28.2 Å². The molecule has 0 bridgehead atoms. The van der Waals surface area contributed by atoms with Crippen LogP contribution < -0.4 is 4.90 Å². The van der Waals surface area contributed by atoms with Crippen molar-refractivity contribution in [2.75, 3.05) is 24.9 Å². The third-order valence-electron chi connectivity index (χ3n) is 5.27. The molecule has 0 saturated carbocycles. The predicted molar refractivity (Wildman–Crippen MR) is 120 cm³/mol. The lowest BCUT2D eigenvalue weighted by Gasteiger charge is -2.22. The summed E-state index contributed by atoms with van der Waals surface area (Å²) < 4.78 is 1.95. The molecule has 1 aliphatic rings. The van der Waals surface area contributed by atoms with Crippen LogP contribution in [0.25, 0.3) is 5.69 Å². The summed E-state index contributed by atoms with van der Waals surface area (Å²) in [5, 5.41) is 6.30. The zero-order chi connectivity index (χ0) is 21.1. The molecule has 6 nitrogen and oxygen atoms in total. The first-order valence-electron chi connectivity index (χ1n) is 9.88. The molecule has 4 rings (SSSR count). The van der Waals surface area contributed by atoms with Crippen LogP contribution in [-0.2, 0) is 4.79 Å². The van der Waals surface area contributed by atoms with Crippen molar-refractivity contribution in [2.24, 2.45) is 5.10 Å². The standard InChI is InChI=1S/C23H24ClN5O/c1-27(2)19-7-5-18(6-8-19)22-15-21(26-29(22)23(30)11-12-24)17-3-9-20(10-4-17)28-14-13-25-16-28/h3-10,13-14,16,22H,11-12,15H2,1-2H3. The van der Waals surface area contributed by atoms with E-state index in [1.807, 2.05) is 49.1 Å². The molecule has 0 aliphatic carbocycles. The number of aromatic nitrogens is 2. The van der Waals surface area contributed by atoms with E-state index in [-0.39, 0.29) is 24.2 Å². The van der Waals surface area contributed by atoms with Crippen molar-refractivity contribution in [3.05, 3.63) is 78.4 Å². The number of imidazole rings is 1. The van der Waals surface area contributed by atoms with Gasteiger partial charge in [-0.05, 0) is 35.4 Å². The first-order valence-corrected chi connectivity index (χ1v) is 10.4. The largest absolute Gasteiger partial charge is 0.378 e. The highest BCUT2D eigenvalue weighted by Crippen LogP contribution is 2.34. The van der Waals surface area contributed by atoms with E-state index < -0.39 is 0 Å². The molecule has 0 fully saturated rings. The molecule has 0 N–H and O–H groups in total. The normalized spacial score (nSPS) is 15.9. The number of benzene rings is 2. The lowest BCUT2D eigenvalue weighted by molar-refractivity contribution is -0.132. The Kier molecular flexibility index (Phi) is 5.86. The van der Waals surface area contributed by atoms with Gasteiger partial charge in [-0.2, -0.15) is 5.10 Å². The van der Waals surface area contributed by atoms with Crippen molar-refractivity contribution in [3.63, 3.8) is 0 Å². The van der Waals surface area contributed by atoms with Crippen LogP contribution in [0.5, 0.6) is 0 Å². The lowest BCUT2D eigenvalue weighted by atomic mass is 9.98. The van der Waals surface area contributed by atoms with Gasteiger partial charge in [0.25, 0.3) is 0 Å². The van der Waals surface area contributed by atoms with Gasteiger partial charge in [-0.15, -0.1) is 11.6 Å². The summed E-state index contributed by atoms with van der Waals surface area (Å²) in [6.07, 6.45) is 6.36. The van der Waals surface area contributed by atoms with Crippen molar-refractivity contribution in [1.82, 2.24) is 14.6 Å². The maximum absolute atomic E-state index is 12.7. The van der Waals surface area contributed by atoms with Gasteiger partial charge in [0.15, 0.2) is 0 Å². The topological polar surface area (TPSA) is 53.7 Å². The van der Waals surface area contributed by atoms with Crippen LogP contribution >= 0.6 is 11.6 Å². The Morgan fingerprint density at radius 1 is 1.13 bits per heavy atom. The fraction of sp³-hybridized carbons (Fsp3) is 0.261. The molecular formula is C23H24ClN5O. The van der Waals surface area contributed by atoms with Crippen LogP contribution in [0.4, 0.5) is 5.69 Å². The molecule has 0 spiro atoms. The second-order valence-electron chi connectivity index (χ2n) is 7.45. The number of nitrogens with zero attached hydrogens (tertiary/aromatic N) is 5. The number of hydrogen-bond acceptors (Lipinski definition) is 4. The molecule has 0 saturated heterocycles. The van der Waals surface area contributed by atoms with Gasteiger partial charge in [0.1, 0.15) is 0 Å². The molecule has 1 amide bonds. The quantitative estimate of drug-likeness (QED) is 0.559. The molecule has 3 aromatic rings. The van der Waals surface area contributed by atoms with E-state index >= 15 is 0 Å². The minimum absolute atomic E-state index is 0.0586. The maximum atomic E-state index is 12.7. The highest BCUT2D eigenvalue weighted by Gasteiger charge is 2.32. The first kappa shape index (κ1) is 20.2. The van der Waals surface area contributed by atoms with Gasteiger partial charge in [0.2, 0.25) is 5.91 Å². The van der Waals surface area contributed by atoms with E-state index in [1.165, 1.54) is 0 Å². The minimum atomic E-state index is -0.125. The van der Waals surface area contributed by atoms with Gasteiger partial charge in [-0.1, -0.05) is 24.3 Å². The Balaban J connectivity index is 1.61. The summed E-state index contributed by atoms with van der Waals surface area (Å²) in [5.74, 6) is 0.225. The summed E-state index contributed by atoms with van der Waals surface area (Å²) in [6, 6.07) is 16.3. The van der Waals surface area contributed by atoms with E-state index in [0.29, 0.717) is 6.42 Å². The number of hydrogen-bond donors (Lipinski definition) is 0. The smallest absolute Gasteiger partial charge is 0.244 e. The van der Waals surface area contributed by atoms with Crippen LogP contribution in [0.2, 0.25) is 0 Å². The Labute approximate surface area is 181 Å². The molecule has 2 aromatic carbocycles. The Hall–Kier alpha value is -3.12. The molecule has 1 unspecified atom stereocenters. The molecule has 0 radical (unpaired) electrons. The highest BCUT2D eigenvalue weighted by molar-refractivity contribution is 6.19. The third kappa shape index (κ3) is 4.09. The second-order valence-corrected chi connectivity index (χ2v) is 7.82. The van der Waals surface area contributed by atoms with Crippen molar-refractivity contribution >= 4 is 28.9 Å². The maximum Gasteiger partial charge on any atom is 0.244 e. The van der Waals surface area contributed by atoms with Gasteiger partial charge < -0.3 is 9.47 Å². The zero-order valence-electron chi connectivity index (χ0n) is 17.1. The van der Waals surface area contributed by atoms with Gasteiger partial charge in [0.05, 0.1) is 18.1 Å². The number of rotatable bonds is 6. The third-order valence-corrected chi connectivity index (χ3v) is 5.46. The Bertz CT molecular complexity index is 1030. The Morgan fingerprint density at radius 2 is 1.87 bits per heavy atom. The van der Waals surface area contributed by atoms with Gasteiger partial charge >= 0.3 is 0 Å². The van der Waals surface area contributed by atoms with Crippen molar-refractivity contribution in [3.8, 4) is 5.69 Å². The van der Waals surface area contributed by atoms with Gasteiger partial charge in [0, 0.05) is 56.6 Å². The van der Waals surface area contributed by atoms with Crippen molar-refractivity contribution in [2.45, 2.75) is 18.9 Å². The predicted octanol–water partition coefficient (Wildman–Crippen LogP) is 4.24. The monoisotopic (exact) mass is 421 g/mol. The average Bonchev–Trinajstić information content (AvgIpc) is 3.45. The van der Waals surface area contributed by atoms with Gasteiger partial charge in [-0.25, -0.2) is 9.99 Å². The number of hydrazone groups is 1. The van der Waals surface area contributed by atoms with E-state index in [4.69, 9.17) is 16.7 Å². The summed E-state index contributed by atoms with van der Waals surface area (Å²) in [4.78, 5) is 18.8. The van der Waals surface area contributed by atoms with Crippen molar-refractivity contribution in [1.29, 1.82) is 0 Å². The summed E-state index contributed by atoms with van der Waals surface area (Å²) in [5.41, 5.74) is 5.12. The van der Waals surface area contributed by atoms with Crippen LogP contribution in [0, 0.1) is 0 Å². The van der Waals surface area contributed by atoms with Crippen LogP contribution in [-0.4, -0.2) is 46.2 Å². The number of carbonyl (C=O) groups excluding carboxylic acids is 1. The number of amides is 1. The molecular weight excluding hydrogens is 398 g/mol. The van der Waals surface area contributed by atoms with Crippen LogP contribution in [0.1, 0.15) is 30.0 Å². The zero-order valence-corrected chi connectivity index (χ0v) is 17.8. The molecule has 30 heavy (non-hydrogen) atoms. The summed E-state index contributed by atoms with van der Waals surface area (Å²) in [6.45, 7) is 0. The highest BCUT2D eigenvalue weighted by atomic mass is 35.5. The fourth-order valence-corrected chi connectivity index (χ4v) is 3.76.